The molecule has 0 saturated carbocycles. The lowest BCUT2D eigenvalue weighted by Crippen LogP contribution is -2.14. The minimum atomic E-state index is -0.176. The van der Waals surface area contributed by atoms with Crippen LogP contribution in [0.1, 0.15) is 15.9 Å². The van der Waals surface area contributed by atoms with E-state index < -0.39 is 0 Å². The highest BCUT2D eigenvalue weighted by Crippen LogP contribution is 2.33. The monoisotopic (exact) mass is 398 g/mol. The van der Waals surface area contributed by atoms with Crippen molar-refractivity contribution in [3.8, 4) is 22.8 Å². The third-order valence-corrected chi connectivity index (χ3v) is 5.03. The molecule has 1 amide bonds. The summed E-state index contributed by atoms with van der Waals surface area (Å²) in [6, 6.07) is 22.8. The molecule has 1 aromatic heterocycles. The second-order valence-electron chi connectivity index (χ2n) is 6.91. The number of nitrogens with zero attached hydrogens (tertiary/aromatic N) is 1. The number of hydrogen-bond acceptors (Lipinski definition) is 4. The van der Waals surface area contributed by atoms with Crippen molar-refractivity contribution in [3.63, 3.8) is 0 Å². The lowest BCUT2D eigenvalue weighted by molar-refractivity contribution is 0.102. The molecule has 0 aliphatic carbocycles. The van der Waals surface area contributed by atoms with Crippen LogP contribution in [0.2, 0.25) is 0 Å². The van der Waals surface area contributed by atoms with Crippen LogP contribution in [0.4, 0.5) is 5.69 Å². The summed E-state index contributed by atoms with van der Waals surface area (Å²) in [6.07, 6.45) is 0. The molecule has 0 bridgehead atoms. The minimum absolute atomic E-state index is 0.176. The fourth-order valence-electron chi connectivity index (χ4n) is 3.41. The number of ether oxygens (including phenoxy) is 2. The molecule has 5 heteroatoms. The summed E-state index contributed by atoms with van der Waals surface area (Å²) in [6.45, 7) is 1.97. The van der Waals surface area contributed by atoms with Crippen molar-refractivity contribution >= 4 is 22.5 Å². The van der Waals surface area contributed by atoms with E-state index in [1.54, 1.807) is 14.2 Å². The molecule has 0 fully saturated rings. The largest absolute Gasteiger partial charge is 0.493 e. The van der Waals surface area contributed by atoms with E-state index in [0.717, 1.165) is 27.7 Å². The van der Waals surface area contributed by atoms with Gasteiger partial charge in [-0.25, -0.2) is 4.98 Å². The van der Waals surface area contributed by atoms with Crippen molar-refractivity contribution in [2.45, 2.75) is 6.92 Å². The molecule has 0 unspecified atom stereocenters. The number of carbonyl (C=O) groups excluding carboxylic acids is 1. The molecule has 3 aromatic carbocycles. The number of fused-ring (bicyclic) bond motifs is 1. The number of aryl methyl sites for hydroxylation is 1. The molecule has 0 atom stereocenters. The number of amides is 1. The number of pyridine rings is 1. The predicted molar refractivity (Wildman–Crippen MR) is 119 cm³/mol. The van der Waals surface area contributed by atoms with E-state index in [4.69, 9.17) is 14.5 Å². The van der Waals surface area contributed by atoms with Crippen LogP contribution in [0.15, 0.2) is 72.8 Å². The predicted octanol–water partition coefficient (Wildman–Crippen LogP) is 5.48. The standard InChI is InChI=1S/C25H22N2O3/c1-16-8-4-6-10-20(16)27-25(28)19-15-22(26-21-11-7-5-9-18(19)21)17-12-13-23(29-2)24(14-17)30-3/h4-15H,1-3H3,(H,27,28). The van der Waals surface area contributed by atoms with Crippen molar-refractivity contribution < 1.29 is 14.3 Å². The molecule has 0 saturated heterocycles. The Kier molecular flexibility index (Phi) is 5.35. The van der Waals surface area contributed by atoms with Crippen molar-refractivity contribution in [2.24, 2.45) is 0 Å². The van der Waals surface area contributed by atoms with Crippen LogP contribution < -0.4 is 14.8 Å². The van der Waals surface area contributed by atoms with E-state index in [0.29, 0.717) is 22.8 Å². The van der Waals surface area contributed by atoms with E-state index in [9.17, 15) is 4.79 Å². The molecule has 5 nitrogen and oxygen atoms in total. The summed E-state index contributed by atoms with van der Waals surface area (Å²) in [5, 5.41) is 3.83. The Morgan fingerprint density at radius 2 is 1.60 bits per heavy atom. The first kappa shape index (κ1) is 19.5. The minimum Gasteiger partial charge on any atom is -0.493 e. The number of methoxy groups -OCH3 is 2. The molecule has 150 valence electrons. The Labute approximate surface area is 175 Å². The molecule has 1 heterocycles. The van der Waals surface area contributed by atoms with Crippen LogP contribution in [0.25, 0.3) is 22.2 Å². The molecule has 1 N–H and O–H groups in total. The molecule has 0 aliphatic heterocycles. The maximum Gasteiger partial charge on any atom is 0.256 e. The second kappa shape index (κ2) is 8.25. The summed E-state index contributed by atoms with van der Waals surface area (Å²) in [7, 11) is 3.19. The van der Waals surface area contributed by atoms with Gasteiger partial charge in [0.25, 0.3) is 5.91 Å². The first-order chi connectivity index (χ1) is 14.6. The summed E-state index contributed by atoms with van der Waals surface area (Å²) < 4.78 is 10.8. The Balaban J connectivity index is 1.82. The van der Waals surface area contributed by atoms with Crippen molar-refractivity contribution in [1.82, 2.24) is 4.98 Å². The highest BCUT2D eigenvalue weighted by atomic mass is 16.5. The zero-order valence-electron chi connectivity index (χ0n) is 17.1. The van der Waals surface area contributed by atoms with Gasteiger partial charge in [0.1, 0.15) is 0 Å². The Morgan fingerprint density at radius 1 is 0.867 bits per heavy atom. The normalized spacial score (nSPS) is 10.6. The lowest BCUT2D eigenvalue weighted by atomic mass is 10.0. The number of benzene rings is 3. The quantitative estimate of drug-likeness (QED) is 0.484. The third kappa shape index (κ3) is 3.70. The van der Waals surface area contributed by atoms with Gasteiger partial charge >= 0.3 is 0 Å². The Bertz CT molecular complexity index is 1230. The zero-order chi connectivity index (χ0) is 21.1. The number of rotatable bonds is 5. The van der Waals surface area contributed by atoms with E-state index in [2.05, 4.69) is 5.32 Å². The maximum atomic E-state index is 13.2. The first-order valence-corrected chi connectivity index (χ1v) is 9.60. The molecular formula is C25H22N2O3. The van der Waals surface area contributed by atoms with Gasteiger partial charge in [-0.3, -0.25) is 4.79 Å². The van der Waals surface area contributed by atoms with Gasteiger partial charge in [0, 0.05) is 16.6 Å². The van der Waals surface area contributed by atoms with Crippen LogP contribution in [0, 0.1) is 6.92 Å². The number of carbonyl (C=O) groups is 1. The molecular weight excluding hydrogens is 376 g/mol. The van der Waals surface area contributed by atoms with E-state index >= 15 is 0 Å². The lowest BCUT2D eigenvalue weighted by Gasteiger charge is -2.13. The summed E-state index contributed by atoms with van der Waals surface area (Å²) in [4.78, 5) is 18.0. The molecule has 0 radical (unpaired) electrons. The van der Waals surface area contributed by atoms with Crippen molar-refractivity contribution in [1.29, 1.82) is 0 Å². The second-order valence-corrected chi connectivity index (χ2v) is 6.91. The van der Waals surface area contributed by atoms with Gasteiger partial charge < -0.3 is 14.8 Å². The van der Waals surface area contributed by atoms with Crippen molar-refractivity contribution in [3.05, 3.63) is 83.9 Å². The number of anilines is 1. The topological polar surface area (TPSA) is 60.5 Å². The summed E-state index contributed by atoms with van der Waals surface area (Å²) >= 11 is 0. The van der Waals surface area contributed by atoms with Crippen LogP contribution in [0.3, 0.4) is 0 Å². The van der Waals surface area contributed by atoms with Crippen LogP contribution in [-0.4, -0.2) is 25.1 Å². The molecule has 0 spiro atoms. The number of para-hydroxylation sites is 2. The maximum absolute atomic E-state index is 13.2. The number of aromatic nitrogens is 1. The van der Waals surface area contributed by atoms with Gasteiger partial charge in [-0.15, -0.1) is 0 Å². The van der Waals surface area contributed by atoms with E-state index in [1.807, 2.05) is 79.7 Å². The molecule has 30 heavy (non-hydrogen) atoms. The van der Waals surface area contributed by atoms with Gasteiger partial charge in [0.15, 0.2) is 11.5 Å². The summed E-state index contributed by atoms with van der Waals surface area (Å²) in [5.74, 6) is 1.07. The Hall–Kier alpha value is -3.86. The zero-order valence-corrected chi connectivity index (χ0v) is 17.1. The van der Waals surface area contributed by atoms with Gasteiger partial charge in [-0.05, 0) is 48.9 Å². The number of hydrogen-bond donors (Lipinski definition) is 1. The van der Waals surface area contributed by atoms with E-state index in [1.165, 1.54) is 0 Å². The first-order valence-electron chi connectivity index (χ1n) is 9.60. The van der Waals surface area contributed by atoms with Gasteiger partial charge in [0.2, 0.25) is 0 Å². The molecule has 4 aromatic rings. The van der Waals surface area contributed by atoms with Gasteiger partial charge in [-0.1, -0.05) is 36.4 Å². The fraction of sp³-hybridized carbons (Fsp3) is 0.120. The molecule has 4 rings (SSSR count). The van der Waals surface area contributed by atoms with Gasteiger partial charge in [-0.2, -0.15) is 0 Å². The third-order valence-electron chi connectivity index (χ3n) is 5.03. The van der Waals surface area contributed by atoms with E-state index in [-0.39, 0.29) is 5.91 Å². The fourth-order valence-corrected chi connectivity index (χ4v) is 3.41. The highest BCUT2D eigenvalue weighted by molar-refractivity contribution is 6.13. The van der Waals surface area contributed by atoms with Crippen LogP contribution >= 0.6 is 0 Å². The smallest absolute Gasteiger partial charge is 0.256 e. The summed E-state index contributed by atoms with van der Waals surface area (Å²) in [5.41, 5.74) is 4.63. The SMILES string of the molecule is COc1ccc(-c2cc(C(=O)Nc3ccccc3C)c3ccccc3n2)cc1OC. The van der Waals surface area contributed by atoms with Crippen LogP contribution in [0.5, 0.6) is 11.5 Å². The average Bonchev–Trinajstić information content (AvgIpc) is 2.79. The van der Waals surface area contributed by atoms with Gasteiger partial charge in [0.05, 0.1) is 31.0 Å². The number of nitrogens with one attached hydrogen (secondary N) is 1. The molecule has 0 aliphatic rings. The average molecular weight is 398 g/mol. The van der Waals surface area contributed by atoms with Crippen molar-refractivity contribution in [2.75, 3.05) is 19.5 Å². The highest BCUT2D eigenvalue weighted by Gasteiger charge is 2.16. The Morgan fingerprint density at radius 3 is 2.37 bits per heavy atom. The van der Waals surface area contributed by atoms with Crippen LogP contribution in [-0.2, 0) is 0 Å².